The fraction of sp³-hybridized carbons (Fsp3) is 0.500. The Kier molecular flexibility index (Phi) is 2.58. The molecule has 2 rings (SSSR count). The first-order valence-corrected chi connectivity index (χ1v) is 5.37. The SMILES string of the molecule is COc1ccc2nnc(CC(C)(C)C)n2c1. The van der Waals surface area contributed by atoms with Gasteiger partial charge in [0.15, 0.2) is 5.65 Å². The maximum Gasteiger partial charge on any atom is 0.161 e. The molecule has 0 fully saturated rings. The van der Waals surface area contributed by atoms with E-state index in [9.17, 15) is 0 Å². The molecule has 4 nitrogen and oxygen atoms in total. The summed E-state index contributed by atoms with van der Waals surface area (Å²) >= 11 is 0. The number of hydrogen-bond acceptors (Lipinski definition) is 3. The van der Waals surface area contributed by atoms with E-state index in [1.807, 2.05) is 22.7 Å². The zero-order valence-corrected chi connectivity index (χ0v) is 10.2. The smallest absolute Gasteiger partial charge is 0.161 e. The van der Waals surface area contributed by atoms with Crippen LogP contribution in [0, 0.1) is 5.41 Å². The summed E-state index contributed by atoms with van der Waals surface area (Å²) in [6.45, 7) is 6.57. The van der Waals surface area contributed by atoms with Gasteiger partial charge in [0, 0.05) is 6.42 Å². The molecule has 2 aromatic rings. The molecule has 2 heterocycles. The molecule has 0 saturated carbocycles. The van der Waals surface area contributed by atoms with Gasteiger partial charge in [-0.25, -0.2) is 0 Å². The molecule has 86 valence electrons. The molecule has 0 spiro atoms. The maximum atomic E-state index is 5.20. The second-order valence-electron chi connectivity index (χ2n) is 5.15. The molecule has 0 amide bonds. The highest BCUT2D eigenvalue weighted by Gasteiger charge is 2.16. The third-order valence-corrected chi connectivity index (χ3v) is 2.37. The van der Waals surface area contributed by atoms with Gasteiger partial charge in [-0.05, 0) is 17.5 Å². The van der Waals surface area contributed by atoms with Crippen molar-refractivity contribution < 1.29 is 4.74 Å². The van der Waals surface area contributed by atoms with Crippen molar-refractivity contribution >= 4 is 5.65 Å². The number of methoxy groups -OCH3 is 1. The second-order valence-corrected chi connectivity index (χ2v) is 5.15. The lowest BCUT2D eigenvalue weighted by Crippen LogP contribution is -2.12. The Morgan fingerprint density at radius 1 is 1.25 bits per heavy atom. The molecular formula is C12H17N3O. The highest BCUT2D eigenvalue weighted by molar-refractivity contribution is 5.41. The number of rotatable bonds is 2. The second kappa shape index (κ2) is 3.77. The minimum Gasteiger partial charge on any atom is -0.495 e. The van der Waals surface area contributed by atoms with Gasteiger partial charge in [0.05, 0.1) is 13.3 Å². The number of aromatic nitrogens is 3. The van der Waals surface area contributed by atoms with Crippen LogP contribution in [0.4, 0.5) is 0 Å². The van der Waals surface area contributed by atoms with Crippen LogP contribution in [0.1, 0.15) is 26.6 Å². The molecule has 16 heavy (non-hydrogen) atoms. The summed E-state index contributed by atoms with van der Waals surface area (Å²) in [7, 11) is 1.66. The highest BCUT2D eigenvalue weighted by Crippen LogP contribution is 2.21. The Balaban J connectivity index is 2.46. The standard InChI is InChI=1S/C12H17N3O/c1-12(2,3)7-11-14-13-10-6-5-9(16-4)8-15(10)11/h5-6,8H,7H2,1-4H3. The molecule has 0 aliphatic heterocycles. The van der Waals surface area contributed by atoms with Crippen LogP contribution in [0.25, 0.3) is 5.65 Å². The van der Waals surface area contributed by atoms with Gasteiger partial charge in [0.2, 0.25) is 0 Å². The molecule has 0 N–H and O–H groups in total. The summed E-state index contributed by atoms with van der Waals surface area (Å²) in [5.41, 5.74) is 1.06. The summed E-state index contributed by atoms with van der Waals surface area (Å²) in [5, 5.41) is 8.35. The fourth-order valence-electron chi connectivity index (χ4n) is 1.63. The Labute approximate surface area is 95.3 Å². The van der Waals surface area contributed by atoms with Crippen molar-refractivity contribution in [1.82, 2.24) is 14.6 Å². The van der Waals surface area contributed by atoms with E-state index < -0.39 is 0 Å². The molecule has 0 aliphatic carbocycles. The summed E-state index contributed by atoms with van der Waals surface area (Å²) in [5.74, 6) is 1.80. The summed E-state index contributed by atoms with van der Waals surface area (Å²) < 4.78 is 7.19. The number of hydrogen-bond donors (Lipinski definition) is 0. The summed E-state index contributed by atoms with van der Waals surface area (Å²) in [6.07, 6.45) is 2.82. The van der Waals surface area contributed by atoms with Crippen molar-refractivity contribution in [2.24, 2.45) is 5.41 Å². The average Bonchev–Trinajstić information content (AvgIpc) is 2.58. The van der Waals surface area contributed by atoms with Crippen LogP contribution in [0.15, 0.2) is 18.3 Å². The Hall–Kier alpha value is -1.58. The van der Waals surface area contributed by atoms with Gasteiger partial charge in [-0.1, -0.05) is 20.8 Å². The van der Waals surface area contributed by atoms with Crippen molar-refractivity contribution in [3.8, 4) is 5.75 Å². The van der Waals surface area contributed by atoms with Crippen molar-refractivity contribution in [3.05, 3.63) is 24.2 Å². The van der Waals surface area contributed by atoms with E-state index in [-0.39, 0.29) is 5.41 Å². The largest absolute Gasteiger partial charge is 0.495 e. The molecule has 0 radical (unpaired) electrons. The first kappa shape index (κ1) is 10.9. The van der Waals surface area contributed by atoms with E-state index in [4.69, 9.17) is 4.74 Å². The van der Waals surface area contributed by atoms with E-state index in [0.717, 1.165) is 23.6 Å². The van der Waals surface area contributed by atoms with Crippen LogP contribution in [-0.4, -0.2) is 21.7 Å². The fourth-order valence-corrected chi connectivity index (χ4v) is 1.63. The van der Waals surface area contributed by atoms with Gasteiger partial charge < -0.3 is 4.74 Å². The summed E-state index contributed by atoms with van der Waals surface area (Å²) in [4.78, 5) is 0. The number of nitrogens with zero attached hydrogens (tertiary/aromatic N) is 3. The molecule has 0 bridgehead atoms. The minimum absolute atomic E-state index is 0.200. The predicted octanol–water partition coefficient (Wildman–Crippen LogP) is 2.33. The van der Waals surface area contributed by atoms with E-state index in [1.54, 1.807) is 7.11 Å². The van der Waals surface area contributed by atoms with E-state index in [1.165, 1.54) is 0 Å². The zero-order chi connectivity index (χ0) is 11.8. The van der Waals surface area contributed by atoms with Crippen LogP contribution in [0.2, 0.25) is 0 Å². The highest BCUT2D eigenvalue weighted by atomic mass is 16.5. The first-order chi connectivity index (χ1) is 7.49. The lowest BCUT2D eigenvalue weighted by atomic mass is 9.92. The van der Waals surface area contributed by atoms with Crippen molar-refractivity contribution in [2.45, 2.75) is 27.2 Å². The van der Waals surface area contributed by atoms with Gasteiger partial charge in [-0.2, -0.15) is 0 Å². The van der Waals surface area contributed by atoms with Crippen LogP contribution >= 0.6 is 0 Å². The monoisotopic (exact) mass is 219 g/mol. The van der Waals surface area contributed by atoms with Crippen LogP contribution in [0.5, 0.6) is 5.75 Å². The van der Waals surface area contributed by atoms with Gasteiger partial charge in [0.25, 0.3) is 0 Å². The minimum atomic E-state index is 0.200. The van der Waals surface area contributed by atoms with Gasteiger partial charge in [0.1, 0.15) is 11.6 Å². The third-order valence-electron chi connectivity index (χ3n) is 2.37. The molecular weight excluding hydrogens is 202 g/mol. The first-order valence-electron chi connectivity index (χ1n) is 5.37. The number of fused-ring (bicyclic) bond motifs is 1. The Bertz CT molecular complexity index is 496. The molecule has 0 unspecified atom stereocenters. The molecule has 0 aliphatic rings. The topological polar surface area (TPSA) is 39.4 Å². The lowest BCUT2D eigenvalue weighted by molar-refractivity contribution is 0.396. The van der Waals surface area contributed by atoms with E-state index in [2.05, 4.69) is 31.0 Å². The van der Waals surface area contributed by atoms with Gasteiger partial charge >= 0.3 is 0 Å². The lowest BCUT2D eigenvalue weighted by Gasteiger charge is -2.16. The molecule has 4 heteroatoms. The van der Waals surface area contributed by atoms with Gasteiger partial charge in [-0.3, -0.25) is 4.40 Å². The van der Waals surface area contributed by atoms with E-state index >= 15 is 0 Å². The average molecular weight is 219 g/mol. The van der Waals surface area contributed by atoms with Crippen molar-refractivity contribution in [3.63, 3.8) is 0 Å². The van der Waals surface area contributed by atoms with E-state index in [0.29, 0.717) is 0 Å². The molecule has 0 atom stereocenters. The third kappa shape index (κ3) is 2.15. The molecule has 0 saturated heterocycles. The van der Waals surface area contributed by atoms with Crippen LogP contribution in [0.3, 0.4) is 0 Å². The number of pyridine rings is 1. The number of ether oxygens (including phenoxy) is 1. The van der Waals surface area contributed by atoms with Crippen molar-refractivity contribution in [2.75, 3.05) is 7.11 Å². The van der Waals surface area contributed by atoms with Crippen LogP contribution in [-0.2, 0) is 6.42 Å². The molecule has 0 aromatic carbocycles. The van der Waals surface area contributed by atoms with Gasteiger partial charge in [-0.15, -0.1) is 10.2 Å². The predicted molar refractivity (Wildman–Crippen MR) is 62.7 cm³/mol. The summed E-state index contributed by atoms with van der Waals surface area (Å²) in [6, 6.07) is 3.81. The Morgan fingerprint density at radius 2 is 2.00 bits per heavy atom. The van der Waals surface area contributed by atoms with Crippen LogP contribution < -0.4 is 4.74 Å². The Morgan fingerprint density at radius 3 is 2.62 bits per heavy atom. The quantitative estimate of drug-likeness (QED) is 0.778. The normalized spacial score (nSPS) is 12.0. The molecule has 2 aromatic heterocycles. The zero-order valence-electron chi connectivity index (χ0n) is 10.2. The van der Waals surface area contributed by atoms with Crippen molar-refractivity contribution in [1.29, 1.82) is 0 Å². The maximum absolute atomic E-state index is 5.20.